The predicted octanol–water partition coefficient (Wildman–Crippen LogP) is 0.722. The van der Waals surface area contributed by atoms with Crippen molar-refractivity contribution in [1.82, 2.24) is 15.0 Å². The van der Waals surface area contributed by atoms with Crippen molar-refractivity contribution in [2.45, 2.75) is 25.7 Å². The molecule has 3 heterocycles. The number of hydrogen-bond acceptors (Lipinski definition) is 7. The molecule has 0 bridgehead atoms. The summed E-state index contributed by atoms with van der Waals surface area (Å²) in [5.74, 6) is 2.72. The van der Waals surface area contributed by atoms with Crippen LogP contribution in [0, 0.1) is 5.92 Å². The van der Waals surface area contributed by atoms with Gasteiger partial charge in [-0.25, -0.2) is 0 Å². The minimum Gasteiger partial charge on any atom is -0.396 e. The molecular formula is C14H24N6O. The van der Waals surface area contributed by atoms with Crippen molar-refractivity contribution in [3.63, 3.8) is 0 Å². The quantitative estimate of drug-likeness (QED) is 0.828. The normalized spacial score (nSPS) is 22.1. The number of anilines is 3. The zero-order chi connectivity index (χ0) is 14.7. The molecule has 3 rings (SSSR count). The van der Waals surface area contributed by atoms with Crippen molar-refractivity contribution in [2.24, 2.45) is 5.92 Å². The Hall–Kier alpha value is -1.63. The number of hydrogen-bond donors (Lipinski definition) is 2. The second kappa shape index (κ2) is 6.43. The fraction of sp³-hybridized carbons (Fsp3) is 0.786. The molecule has 1 unspecified atom stereocenters. The van der Waals surface area contributed by atoms with Crippen LogP contribution in [-0.4, -0.2) is 59.9 Å². The molecule has 0 amide bonds. The van der Waals surface area contributed by atoms with E-state index in [1.54, 1.807) is 0 Å². The third-order valence-corrected chi connectivity index (χ3v) is 4.33. The first-order valence-electron chi connectivity index (χ1n) is 7.84. The molecular weight excluding hydrogens is 268 g/mol. The standard InChI is InChI=1S/C14H24N6O/c1-15-12-16-13(19-6-2-3-7-19)18-14(17-12)20-8-4-11(10-20)5-9-21/h11,21H,2-10H2,1H3,(H,15,16,17,18). The molecule has 2 saturated heterocycles. The second-order valence-corrected chi connectivity index (χ2v) is 5.82. The lowest BCUT2D eigenvalue weighted by molar-refractivity contribution is 0.263. The SMILES string of the molecule is CNc1nc(N2CCCC2)nc(N2CCC(CCO)C2)n1. The Labute approximate surface area is 125 Å². The molecule has 21 heavy (non-hydrogen) atoms. The largest absolute Gasteiger partial charge is 0.396 e. The maximum atomic E-state index is 9.08. The topological polar surface area (TPSA) is 77.4 Å². The molecule has 7 heteroatoms. The van der Waals surface area contributed by atoms with Gasteiger partial charge in [0.05, 0.1) is 0 Å². The minimum absolute atomic E-state index is 0.260. The van der Waals surface area contributed by atoms with Gasteiger partial charge in [-0.15, -0.1) is 0 Å². The molecule has 7 nitrogen and oxygen atoms in total. The van der Waals surface area contributed by atoms with Gasteiger partial charge in [0.2, 0.25) is 17.8 Å². The lowest BCUT2D eigenvalue weighted by Gasteiger charge is -2.20. The maximum absolute atomic E-state index is 9.08. The summed E-state index contributed by atoms with van der Waals surface area (Å²) in [5, 5.41) is 12.1. The summed E-state index contributed by atoms with van der Waals surface area (Å²) in [5.41, 5.74) is 0. The van der Waals surface area contributed by atoms with E-state index in [2.05, 4.69) is 30.1 Å². The predicted molar refractivity (Wildman–Crippen MR) is 82.8 cm³/mol. The number of aromatic nitrogens is 3. The highest BCUT2D eigenvalue weighted by Crippen LogP contribution is 2.25. The zero-order valence-electron chi connectivity index (χ0n) is 12.6. The van der Waals surface area contributed by atoms with E-state index in [1.165, 1.54) is 12.8 Å². The van der Waals surface area contributed by atoms with Crippen LogP contribution >= 0.6 is 0 Å². The maximum Gasteiger partial charge on any atom is 0.231 e. The van der Waals surface area contributed by atoms with Gasteiger partial charge in [0.15, 0.2) is 0 Å². The molecule has 1 aromatic heterocycles. The van der Waals surface area contributed by atoms with Gasteiger partial charge >= 0.3 is 0 Å². The summed E-state index contributed by atoms with van der Waals surface area (Å²) in [6, 6.07) is 0. The lowest BCUT2D eigenvalue weighted by Crippen LogP contribution is -2.26. The Morgan fingerprint density at radius 1 is 1.10 bits per heavy atom. The molecule has 2 aliphatic heterocycles. The number of aliphatic hydroxyl groups excluding tert-OH is 1. The second-order valence-electron chi connectivity index (χ2n) is 5.82. The Morgan fingerprint density at radius 3 is 2.48 bits per heavy atom. The van der Waals surface area contributed by atoms with Gasteiger partial charge in [-0.05, 0) is 31.6 Å². The molecule has 0 aromatic carbocycles. The first-order chi connectivity index (χ1) is 10.3. The fourth-order valence-corrected chi connectivity index (χ4v) is 3.10. The third kappa shape index (κ3) is 3.18. The van der Waals surface area contributed by atoms with Crippen LogP contribution in [0.15, 0.2) is 0 Å². The molecule has 116 valence electrons. The summed E-state index contributed by atoms with van der Waals surface area (Å²) in [7, 11) is 1.84. The molecule has 2 fully saturated rings. The molecule has 0 radical (unpaired) electrons. The highest BCUT2D eigenvalue weighted by atomic mass is 16.3. The molecule has 1 atom stereocenters. The van der Waals surface area contributed by atoms with Crippen LogP contribution in [0.5, 0.6) is 0 Å². The van der Waals surface area contributed by atoms with Gasteiger partial charge in [0, 0.05) is 39.8 Å². The van der Waals surface area contributed by atoms with Gasteiger partial charge in [-0.2, -0.15) is 15.0 Å². The van der Waals surface area contributed by atoms with E-state index in [0.29, 0.717) is 11.9 Å². The summed E-state index contributed by atoms with van der Waals surface area (Å²) < 4.78 is 0. The number of nitrogens with zero attached hydrogens (tertiary/aromatic N) is 5. The van der Waals surface area contributed by atoms with E-state index >= 15 is 0 Å². The molecule has 2 N–H and O–H groups in total. The van der Waals surface area contributed by atoms with E-state index in [9.17, 15) is 0 Å². The first-order valence-corrected chi connectivity index (χ1v) is 7.84. The van der Waals surface area contributed by atoms with Crippen LogP contribution in [0.3, 0.4) is 0 Å². The van der Waals surface area contributed by atoms with Gasteiger partial charge in [0.25, 0.3) is 0 Å². The van der Waals surface area contributed by atoms with Crippen molar-refractivity contribution in [3.05, 3.63) is 0 Å². The summed E-state index contributed by atoms with van der Waals surface area (Å²) in [6.07, 6.45) is 4.37. The van der Waals surface area contributed by atoms with Crippen molar-refractivity contribution in [2.75, 3.05) is 55.0 Å². The number of aliphatic hydroxyl groups is 1. The van der Waals surface area contributed by atoms with Crippen LogP contribution in [-0.2, 0) is 0 Å². The number of rotatable bonds is 5. The summed E-state index contributed by atoms with van der Waals surface area (Å²) >= 11 is 0. The van der Waals surface area contributed by atoms with Crippen LogP contribution in [0.25, 0.3) is 0 Å². The highest BCUT2D eigenvalue weighted by molar-refractivity contribution is 5.46. The summed E-state index contributed by atoms with van der Waals surface area (Å²) in [6.45, 7) is 4.19. The van der Waals surface area contributed by atoms with Crippen LogP contribution in [0.1, 0.15) is 25.7 Å². The molecule has 2 aliphatic rings. The fourth-order valence-electron chi connectivity index (χ4n) is 3.10. The summed E-state index contributed by atoms with van der Waals surface area (Å²) in [4.78, 5) is 18.1. The van der Waals surface area contributed by atoms with E-state index in [-0.39, 0.29) is 6.61 Å². The van der Waals surface area contributed by atoms with Gasteiger partial charge in [0.1, 0.15) is 0 Å². The van der Waals surface area contributed by atoms with Gasteiger partial charge in [-0.1, -0.05) is 0 Å². The van der Waals surface area contributed by atoms with E-state index in [1.807, 2.05) is 7.05 Å². The highest BCUT2D eigenvalue weighted by Gasteiger charge is 2.26. The van der Waals surface area contributed by atoms with Gasteiger partial charge in [-0.3, -0.25) is 0 Å². The van der Waals surface area contributed by atoms with Crippen LogP contribution < -0.4 is 15.1 Å². The van der Waals surface area contributed by atoms with E-state index in [0.717, 1.165) is 50.9 Å². The van der Waals surface area contributed by atoms with E-state index in [4.69, 9.17) is 5.11 Å². The Balaban J connectivity index is 1.79. The Bertz CT molecular complexity index is 477. The molecule has 0 spiro atoms. The molecule has 0 saturated carbocycles. The van der Waals surface area contributed by atoms with Crippen molar-refractivity contribution in [3.8, 4) is 0 Å². The lowest BCUT2D eigenvalue weighted by atomic mass is 10.1. The number of nitrogens with one attached hydrogen (secondary N) is 1. The van der Waals surface area contributed by atoms with Crippen LogP contribution in [0.4, 0.5) is 17.8 Å². The third-order valence-electron chi connectivity index (χ3n) is 4.33. The van der Waals surface area contributed by atoms with Gasteiger partial charge < -0.3 is 20.2 Å². The zero-order valence-corrected chi connectivity index (χ0v) is 12.6. The Kier molecular flexibility index (Phi) is 4.38. The first kappa shape index (κ1) is 14.3. The van der Waals surface area contributed by atoms with Crippen molar-refractivity contribution >= 4 is 17.8 Å². The van der Waals surface area contributed by atoms with Crippen molar-refractivity contribution < 1.29 is 5.11 Å². The Morgan fingerprint density at radius 2 is 1.81 bits per heavy atom. The average molecular weight is 292 g/mol. The van der Waals surface area contributed by atoms with E-state index < -0.39 is 0 Å². The molecule has 0 aliphatic carbocycles. The average Bonchev–Trinajstić information content (AvgIpc) is 3.18. The van der Waals surface area contributed by atoms with Crippen LogP contribution in [0.2, 0.25) is 0 Å². The monoisotopic (exact) mass is 292 g/mol. The minimum atomic E-state index is 0.260. The molecule has 1 aromatic rings. The smallest absolute Gasteiger partial charge is 0.231 e. The van der Waals surface area contributed by atoms with Crippen molar-refractivity contribution in [1.29, 1.82) is 0 Å².